The molecule has 0 fully saturated rings. The molecule has 0 rings (SSSR count). The molecule has 0 atom stereocenters. The van der Waals surface area contributed by atoms with Crippen LogP contribution < -0.4 is 0 Å². The molecule has 0 aliphatic rings. The Morgan fingerprint density at radius 3 is 1.80 bits per heavy atom. The van der Waals surface area contributed by atoms with Gasteiger partial charge < -0.3 is 0 Å². The molecule has 0 aliphatic heterocycles. The van der Waals surface area contributed by atoms with E-state index in [0.29, 0.717) is 0 Å². The van der Waals surface area contributed by atoms with Crippen molar-refractivity contribution in [2.45, 2.75) is 13.3 Å². The van der Waals surface area contributed by atoms with Crippen LogP contribution in [0.1, 0.15) is 13.3 Å². The average Bonchev–Trinajstić information content (AvgIpc) is 1.37. The van der Waals surface area contributed by atoms with E-state index in [1.165, 1.54) is 6.42 Å². The minimum Gasteiger partial charge on any atom is -0.0928 e. The maximum absolute atomic E-state index is 3.25. The second-order valence-electron chi connectivity index (χ2n) is 0.689. The van der Waals surface area contributed by atoms with Gasteiger partial charge in [-0.15, -0.1) is 0 Å². The van der Waals surface area contributed by atoms with E-state index in [1.807, 2.05) is 0 Å². The summed E-state index contributed by atoms with van der Waals surface area (Å²) in [6.07, 6.45) is 1.24. The van der Waals surface area contributed by atoms with Crippen LogP contribution in [0.15, 0.2) is 0 Å². The molecule has 0 N–H and O–H groups in total. The molecule has 0 nitrogen and oxygen atoms in total. The molecule has 5 heavy (non-hydrogen) atoms. The van der Waals surface area contributed by atoms with E-state index in [9.17, 15) is 0 Å². The van der Waals surface area contributed by atoms with Crippen LogP contribution in [-0.4, -0.2) is 28.4 Å². The summed E-state index contributed by atoms with van der Waals surface area (Å²) in [4.78, 5) is 0. The fourth-order valence-electron chi connectivity index (χ4n) is 0. The molecule has 2 heteroatoms. The van der Waals surface area contributed by atoms with Crippen molar-refractivity contribution in [2.75, 3.05) is 5.33 Å². The van der Waals surface area contributed by atoms with Crippen molar-refractivity contribution < 1.29 is 0 Å². The molecule has 0 aromatic rings. The zero-order valence-corrected chi connectivity index (χ0v) is 6.50. The van der Waals surface area contributed by atoms with E-state index in [2.05, 4.69) is 22.9 Å². The molecule has 0 spiro atoms. The fourth-order valence-corrected chi connectivity index (χ4v) is 0. The van der Waals surface area contributed by atoms with Gasteiger partial charge in [-0.2, -0.15) is 0 Å². The van der Waals surface area contributed by atoms with Crippen LogP contribution >= 0.6 is 15.9 Å². The van der Waals surface area contributed by atoms with E-state index >= 15 is 0 Å². The minimum atomic E-state index is 0. The minimum absolute atomic E-state index is 0. The SMILES string of the molecule is CCCBr.[Mg+2]. The molecule has 0 saturated heterocycles. The summed E-state index contributed by atoms with van der Waals surface area (Å²) < 4.78 is 0. The fraction of sp³-hybridized carbons (Fsp3) is 1.00. The maximum atomic E-state index is 3.25. The van der Waals surface area contributed by atoms with E-state index in [0.717, 1.165) is 5.33 Å². The Kier molecular flexibility index (Phi) is 17.1. The number of hydrogen-bond acceptors (Lipinski definition) is 0. The van der Waals surface area contributed by atoms with Crippen molar-refractivity contribution in [3.05, 3.63) is 0 Å². The zero-order valence-electron chi connectivity index (χ0n) is 3.50. The van der Waals surface area contributed by atoms with Gasteiger partial charge in [0, 0.05) is 5.33 Å². The van der Waals surface area contributed by atoms with Crippen molar-refractivity contribution in [3.63, 3.8) is 0 Å². The first-order chi connectivity index (χ1) is 1.91. The zero-order chi connectivity index (χ0) is 3.41. The Labute approximate surface area is 57.6 Å². The van der Waals surface area contributed by atoms with Crippen LogP contribution in [0.3, 0.4) is 0 Å². The van der Waals surface area contributed by atoms with Gasteiger partial charge in [0.15, 0.2) is 0 Å². The normalized spacial score (nSPS) is 6.00. The van der Waals surface area contributed by atoms with Crippen molar-refractivity contribution in [1.82, 2.24) is 0 Å². The van der Waals surface area contributed by atoms with Gasteiger partial charge in [-0.3, -0.25) is 0 Å². The van der Waals surface area contributed by atoms with Gasteiger partial charge in [0.1, 0.15) is 0 Å². The first-order valence-corrected chi connectivity index (χ1v) is 2.60. The predicted octanol–water partition coefficient (Wildman–Crippen LogP) is 1.41. The summed E-state index contributed by atoms with van der Waals surface area (Å²) in [5.41, 5.74) is 0. The van der Waals surface area contributed by atoms with Crippen molar-refractivity contribution in [2.24, 2.45) is 0 Å². The van der Waals surface area contributed by atoms with Crippen LogP contribution in [0, 0.1) is 0 Å². The van der Waals surface area contributed by atoms with Crippen molar-refractivity contribution >= 4 is 39.0 Å². The molecular formula is C3H7BrMg+2. The molecule has 0 bridgehead atoms. The summed E-state index contributed by atoms with van der Waals surface area (Å²) in [5, 5.41) is 1.13. The van der Waals surface area contributed by atoms with E-state index in [4.69, 9.17) is 0 Å². The molecular weight excluding hydrogens is 140 g/mol. The smallest absolute Gasteiger partial charge is 0.0928 e. The third kappa shape index (κ3) is 11.0. The molecule has 0 heterocycles. The van der Waals surface area contributed by atoms with Gasteiger partial charge in [-0.05, 0) is 6.42 Å². The third-order valence-corrected chi connectivity index (χ3v) is 0.982. The number of halogens is 1. The van der Waals surface area contributed by atoms with Gasteiger partial charge in [0.2, 0.25) is 0 Å². The van der Waals surface area contributed by atoms with Gasteiger partial charge in [-0.25, -0.2) is 0 Å². The molecule has 0 amide bonds. The average molecular weight is 147 g/mol. The van der Waals surface area contributed by atoms with E-state index in [-0.39, 0.29) is 23.1 Å². The largest absolute Gasteiger partial charge is 2.00 e. The van der Waals surface area contributed by atoms with Gasteiger partial charge in [0.05, 0.1) is 0 Å². The van der Waals surface area contributed by atoms with Crippen LogP contribution in [0.4, 0.5) is 0 Å². The summed E-state index contributed by atoms with van der Waals surface area (Å²) >= 11 is 3.25. The number of rotatable bonds is 1. The van der Waals surface area contributed by atoms with Crippen LogP contribution in [0.25, 0.3) is 0 Å². The number of hydrogen-bond donors (Lipinski definition) is 0. The molecule has 0 aromatic heterocycles. The summed E-state index contributed by atoms with van der Waals surface area (Å²) in [6, 6.07) is 0. The van der Waals surface area contributed by atoms with Crippen LogP contribution in [-0.2, 0) is 0 Å². The monoisotopic (exact) mass is 146 g/mol. The number of alkyl halides is 1. The Balaban J connectivity index is 0. The van der Waals surface area contributed by atoms with Crippen LogP contribution in [0.2, 0.25) is 0 Å². The van der Waals surface area contributed by atoms with E-state index < -0.39 is 0 Å². The molecule has 0 aliphatic carbocycles. The quantitative estimate of drug-likeness (QED) is 0.388. The first-order valence-electron chi connectivity index (χ1n) is 1.47. The Hall–Kier alpha value is 1.25. The maximum Gasteiger partial charge on any atom is 2.00 e. The van der Waals surface area contributed by atoms with Gasteiger partial charge in [0.25, 0.3) is 0 Å². The van der Waals surface area contributed by atoms with Gasteiger partial charge in [-0.1, -0.05) is 22.9 Å². The van der Waals surface area contributed by atoms with Gasteiger partial charge >= 0.3 is 23.1 Å². The first kappa shape index (κ1) is 9.53. The molecule has 26 valence electrons. The second kappa shape index (κ2) is 8.98. The molecule has 0 radical (unpaired) electrons. The topological polar surface area (TPSA) is 0 Å². The van der Waals surface area contributed by atoms with Crippen LogP contribution in [0.5, 0.6) is 0 Å². The summed E-state index contributed by atoms with van der Waals surface area (Å²) in [5.74, 6) is 0. The third-order valence-electron chi connectivity index (χ3n) is 0.189. The summed E-state index contributed by atoms with van der Waals surface area (Å²) in [7, 11) is 0. The van der Waals surface area contributed by atoms with E-state index in [1.54, 1.807) is 0 Å². The predicted molar refractivity (Wildman–Crippen MR) is 29.8 cm³/mol. The molecule has 0 aromatic carbocycles. The van der Waals surface area contributed by atoms with Crippen molar-refractivity contribution in [3.8, 4) is 0 Å². The Morgan fingerprint density at radius 1 is 1.60 bits per heavy atom. The second-order valence-corrected chi connectivity index (χ2v) is 1.48. The standard InChI is InChI=1S/C3H7Br.Mg/c1-2-3-4;/h2-3H2,1H3;/q;+2. The Morgan fingerprint density at radius 2 is 1.80 bits per heavy atom. The summed E-state index contributed by atoms with van der Waals surface area (Å²) in [6.45, 7) is 2.13. The molecule has 0 unspecified atom stereocenters. The molecule has 0 saturated carbocycles. The Bertz CT molecular complexity index is 8.85. The van der Waals surface area contributed by atoms with Crippen molar-refractivity contribution in [1.29, 1.82) is 0 Å².